The second-order valence-corrected chi connectivity index (χ2v) is 4.22. The van der Waals surface area contributed by atoms with Gasteiger partial charge in [-0.3, -0.25) is 10.1 Å². The number of nitro groups is 1. The van der Waals surface area contributed by atoms with E-state index in [1.54, 1.807) is 24.3 Å². The second-order valence-electron chi connectivity index (χ2n) is 4.22. The standard InChI is InChI=1S/C12H15NO5/c1-17-11-5-3-2-4-8(11)9-6-12(14)18-7-10(9)13(15)16/h2-5,9-10,12,14H,6-7H2,1H3. The molecular formula is C12H15NO5. The molecule has 1 aliphatic rings. The number of aliphatic hydroxyl groups excluding tert-OH is 1. The highest BCUT2D eigenvalue weighted by molar-refractivity contribution is 5.37. The van der Waals surface area contributed by atoms with Gasteiger partial charge in [0.05, 0.1) is 13.0 Å². The molecule has 0 radical (unpaired) electrons. The fourth-order valence-electron chi connectivity index (χ4n) is 2.28. The Kier molecular flexibility index (Phi) is 3.78. The average molecular weight is 253 g/mol. The summed E-state index contributed by atoms with van der Waals surface area (Å²) in [6.07, 6.45) is -0.762. The molecule has 0 aromatic heterocycles. The molecule has 2 rings (SSSR count). The minimum Gasteiger partial charge on any atom is -0.496 e. The van der Waals surface area contributed by atoms with Gasteiger partial charge in [0.15, 0.2) is 6.29 Å². The molecule has 0 bridgehead atoms. The van der Waals surface area contributed by atoms with Crippen LogP contribution in [0, 0.1) is 10.1 Å². The van der Waals surface area contributed by atoms with Crippen molar-refractivity contribution in [3.8, 4) is 5.75 Å². The molecule has 1 N–H and O–H groups in total. The first-order valence-corrected chi connectivity index (χ1v) is 5.69. The van der Waals surface area contributed by atoms with Gasteiger partial charge in [0.1, 0.15) is 12.4 Å². The van der Waals surface area contributed by atoms with Gasteiger partial charge in [-0.25, -0.2) is 0 Å². The number of hydrogen-bond acceptors (Lipinski definition) is 5. The Labute approximate surface area is 104 Å². The van der Waals surface area contributed by atoms with Crippen molar-refractivity contribution >= 4 is 0 Å². The van der Waals surface area contributed by atoms with E-state index in [1.165, 1.54) is 7.11 Å². The van der Waals surface area contributed by atoms with Gasteiger partial charge in [-0.15, -0.1) is 0 Å². The van der Waals surface area contributed by atoms with Crippen molar-refractivity contribution in [2.75, 3.05) is 13.7 Å². The van der Waals surface area contributed by atoms with Crippen molar-refractivity contribution in [3.63, 3.8) is 0 Å². The molecule has 0 spiro atoms. The summed E-state index contributed by atoms with van der Waals surface area (Å²) in [6, 6.07) is 6.30. The molecule has 0 aliphatic carbocycles. The van der Waals surface area contributed by atoms with Gasteiger partial charge < -0.3 is 14.6 Å². The predicted molar refractivity (Wildman–Crippen MR) is 63.1 cm³/mol. The number of ether oxygens (including phenoxy) is 2. The van der Waals surface area contributed by atoms with Crippen LogP contribution in [0.1, 0.15) is 17.9 Å². The average Bonchev–Trinajstić information content (AvgIpc) is 2.38. The summed E-state index contributed by atoms with van der Waals surface area (Å²) in [4.78, 5) is 10.7. The minimum atomic E-state index is -0.962. The Balaban J connectivity index is 2.34. The lowest BCUT2D eigenvalue weighted by Gasteiger charge is -2.29. The van der Waals surface area contributed by atoms with E-state index in [2.05, 4.69) is 0 Å². The van der Waals surface area contributed by atoms with E-state index in [4.69, 9.17) is 9.47 Å². The SMILES string of the molecule is COc1ccccc1C1CC(O)OCC1[N+](=O)[O-]. The molecular weight excluding hydrogens is 238 g/mol. The fraction of sp³-hybridized carbons (Fsp3) is 0.500. The van der Waals surface area contributed by atoms with Crippen LogP contribution in [0.4, 0.5) is 0 Å². The van der Waals surface area contributed by atoms with Crippen molar-refractivity contribution in [3.05, 3.63) is 39.9 Å². The maximum atomic E-state index is 11.0. The number of hydrogen-bond donors (Lipinski definition) is 1. The fourth-order valence-corrected chi connectivity index (χ4v) is 2.28. The molecule has 18 heavy (non-hydrogen) atoms. The van der Waals surface area contributed by atoms with Crippen LogP contribution in [-0.2, 0) is 4.74 Å². The third kappa shape index (κ3) is 2.44. The predicted octanol–water partition coefficient (Wildman–Crippen LogP) is 1.16. The topological polar surface area (TPSA) is 81.8 Å². The maximum Gasteiger partial charge on any atom is 0.243 e. The molecule has 1 aromatic carbocycles. The van der Waals surface area contributed by atoms with Crippen LogP contribution >= 0.6 is 0 Å². The summed E-state index contributed by atoms with van der Waals surface area (Å²) in [5.74, 6) is 0.198. The molecule has 0 amide bonds. The number of methoxy groups -OCH3 is 1. The first-order valence-electron chi connectivity index (χ1n) is 5.69. The van der Waals surface area contributed by atoms with Crippen LogP contribution in [-0.4, -0.2) is 36.1 Å². The van der Waals surface area contributed by atoms with E-state index in [-0.39, 0.29) is 18.0 Å². The second kappa shape index (κ2) is 5.32. The van der Waals surface area contributed by atoms with E-state index in [0.717, 1.165) is 5.56 Å². The van der Waals surface area contributed by atoms with Crippen LogP contribution in [0.15, 0.2) is 24.3 Å². The molecule has 6 nitrogen and oxygen atoms in total. The molecule has 3 atom stereocenters. The van der Waals surface area contributed by atoms with E-state index in [1.807, 2.05) is 0 Å². The van der Waals surface area contributed by atoms with Gasteiger partial charge in [0.2, 0.25) is 6.04 Å². The highest BCUT2D eigenvalue weighted by Crippen LogP contribution is 2.36. The van der Waals surface area contributed by atoms with Crippen LogP contribution in [0.5, 0.6) is 5.75 Å². The molecule has 1 fully saturated rings. The van der Waals surface area contributed by atoms with Crippen molar-refractivity contribution in [1.82, 2.24) is 0 Å². The molecule has 98 valence electrons. The number of aliphatic hydroxyl groups is 1. The number of nitrogens with zero attached hydrogens (tertiary/aromatic N) is 1. The number of para-hydroxylation sites is 1. The van der Waals surface area contributed by atoms with Gasteiger partial charge >= 0.3 is 0 Å². The first kappa shape index (κ1) is 12.8. The third-order valence-electron chi connectivity index (χ3n) is 3.19. The van der Waals surface area contributed by atoms with E-state index >= 15 is 0 Å². The number of benzene rings is 1. The van der Waals surface area contributed by atoms with Crippen molar-refractivity contribution in [2.24, 2.45) is 0 Å². The van der Waals surface area contributed by atoms with Crippen LogP contribution in [0.25, 0.3) is 0 Å². The van der Waals surface area contributed by atoms with Gasteiger partial charge in [-0.1, -0.05) is 18.2 Å². The highest BCUT2D eigenvalue weighted by Gasteiger charge is 2.40. The molecule has 1 aliphatic heterocycles. The number of rotatable bonds is 3. The van der Waals surface area contributed by atoms with Crippen LogP contribution in [0.2, 0.25) is 0 Å². The minimum absolute atomic E-state index is 0.0864. The normalized spacial score (nSPS) is 27.8. The van der Waals surface area contributed by atoms with Crippen LogP contribution < -0.4 is 4.74 Å². The Morgan fingerprint density at radius 1 is 1.50 bits per heavy atom. The third-order valence-corrected chi connectivity index (χ3v) is 3.19. The summed E-state index contributed by atoms with van der Waals surface area (Å²) in [6.45, 7) is -0.0864. The molecule has 1 heterocycles. The molecule has 3 unspecified atom stereocenters. The summed E-state index contributed by atoms with van der Waals surface area (Å²) < 4.78 is 10.2. The first-order chi connectivity index (χ1) is 8.63. The zero-order valence-electron chi connectivity index (χ0n) is 9.98. The summed E-state index contributed by atoms with van der Waals surface area (Å²) in [5.41, 5.74) is 0.740. The molecule has 0 saturated carbocycles. The molecule has 1 aromatic rings. The Bertz CT molecular complexity index is 436. The summed E-state index contributed by atoms with van der Waals surface area (Å²) in [7, 11) is 1.52. The lowest BCUT2D eigenvalue weighted by Crippen LogP contribution is -2.41. The largest absolute Gasteiger partial charge is 0.496 e. The lowest BCUT2D eigenvalue weighted by molar-refractivity contribution is -0.538. The van der Waals surface area contributed by atoms with Crippen LogP contribution in [0.3, 0.4) is 0 Å². The smallest absolute Gasteiger partial charge is 0.243 e. The summed E-state index contributed by atoms with van der Waals surface area (Å²) in [5, 5.41) is 20.6. The summed E-state index contributed by atoms with van der Waals surface area (Å²) >= 11 is 0. The Morgan fingerprint density at radius 3 is 2.89 bits per heavy atom. The van der Waals surface area contributed by atoms with Crippen molar-refractivity contribution in [1.29, 1.82) is 0 Å². The zero-order chi connectivity index (χ0) is 13.1. The monoisotopic (exact) mass is 253 g/mol. The Hall–Kier alpha value is -1.66. The maximum absolute atomic E-state index is 11.0. The molecule has 6 heteroatoms. The van der Waals surface area contributed by atoms with Gasteiger partial charge in [0.25, 0.3) is 0 Å². The Morgan fingerprint density at radius 2 is 2.22 bits per heavy atom. The van der Waals surface area contributed by atoms with E-state index < -0.39 is 18.2 Å². The van der Waals surface area contributed by atoms with Crippen molar-refractivity contribution in [2.45, 2.75) is 24.7 Å². The van der Waals surface area contributed by atoms with E-state index in [0.29, 0.717) is 5.75 Å². The van der Waals surface area contributed by atoms with Gasteiger partial charge in [-0.2, -0.15) is 0 Å². The lowest BCUT2D eigenvalue weighted by atomic mass is 9.86. The van der Waals surface area contributed by atoms with Crippen molar-refractivity contribution < 1.29 is 19.5 Å². The van der Waals surface area contributed by atoms with E-state index in [9.17, 15) is 15.2 Å². The molecule has 1 saturated heterocycles. The zero-order valence-corrected chi connectivity index (χ0v) is 9.98. The van der Waals surface area contributed by atoms with Gasteiger partial charge in [-0.05, 0) is 6.07 Å². The quantitative estimate of drug-likeness (QED) is 0.645. The van der Waals surface area contributed by atoms with Gasteiger partial charge in [0, 0.05) is 16.9 Å². The highest BCUT2D eigenvalue weighted by atomic mass is 16.6.